The van der Waals surface area contributed by atoms with E-state index >= 15 is 0 Å². The zero-order chi connectivity index (χ0) is 14.8. The first-order valence-corrected chi connectivity index (χ1v) is 7.95. The van der Waals surface area contributed by atoms with Crippen molar-refractivity contribution in [1.29, 1.82) is 10.5 Å². The molecule has 1 aromatic carbocycles. The lowest BCUT2D eigenvalue weighted by Crippen LogP contribution is -2.40. The predicted octanol–water partition coefficient (Wildman–Crippen LogP) is 1.77. The summed E-state index contributed by atoms with van der Waals surface area (Å²) in [7, 11) is -3.68. The van der Waals surface area contributed by atoms with Gasteiger partial charge in [-0.1, -0.05) is 19.1 Å². The Balaban J connectivity index is 2.29. The first-order chi connectivity index (χ1) is 9.47. The Bertz CT molecular complexity index is 694. The lowest BCUT2D eigenvalue weighted by molar-refractivity contribution is 0.543. The lowest BCUT2D eigenvalue weighted by atomic mass is 10.0. The van der Waals surface area contributed by atoms with Crippen LogP contribution in [0, 0.1) is 22.7 Å². The smallest absolute Gasteiger partial charge is 0.211 e. The topological polar surface area (TPSA) is 93.8 Å². The van der Waals surface area contributed by atoms with Crippen molar-refractivity contribution in [2.24, 2.45) is 0 Å². The van der Waals surface area contributed by atoms with Gasteiger partial charge in [-0.05, 0) is 37.0 Å². The van der Waals surface area contributed by atoms with E-state index in [1.54, 1.807) is 25.1 Å². The van der Waals surface area contributed by atoms with Crippen LogP contribution >= 0.6 is 0 Å². The van der Waals surface area contributed by atoms with E-state index < -0.39 is 20.8 Å². The zero-order valence-corrected chi connectivity index (χ0v) is 11.9. The van der Waals surface area contributed by atoms with E-state index in [-0.39, 0.29) is 6.42 Å². The minimum Gasteiger partial charge on any atom is -0.211 e. The van der Waals surface area contributed by atoms with Crippen molar-refractivity contribution >= 4 is 10.0 Å². The van der Waals surface area contributed by atoms with E-state index in [1.165, 1.54) is 0 Å². The molecule has 0 aliphatic heterocycles. The second-order valence-electron chi connectivity index (χ2n) is 4.95. The van der Waals surface area contributed by atoms with Crippen molar-refractivity contribution in [3.8, 4) is 12.1 Å². The summed E-state index contributed by atoms with van der Waals surface area (Å²) in [6.45, 7) is 1.67. The maximum absolute atomic E-state index is 12.2. The van der Waals surface area contributed by atoms with Gasteiger partial charge in [-0.3, -0.25) is 0 Å². The lowest BCUT2D eigenvalue weighted by Gasteiger charge is -2.20. The molecule has 5 nitrogen and oxygen atoms in total. The summed E-state index contributed by atoms with van der Waals surface area (Å²) in [4.78, 5) is 0. The van der Waals surface area contributed by atoms with Crippen LogP contribution in [0.3, 0.4) is 0 Å². The minimum absolute atomic E-state index is 0.250. The Morgan fingerprint density at radius 1 is 1.40 bits per heavy atom. The van der Waals surface area contributed by atoms with Gasteiger partial charge in [0.25, 0.3) is 0 Å². The van der Waals surface area contributed by atoms with Crippen LogP contribution in [0.25, 0.3) is 0 Å². The first-order valence-electron chi connectivity index (χ1n) is 6.40. The largest absolute Gasteiger partial charge is 0.228 e. The molecule has 1 aromatic rings. The SMILES string of the molecule is CC[C@H](C#N)S(=O)(=O)NC1(c2cccc(C#N)c2)CC1. The van der Waals surface area contributed by atoms with E-state index in [0.717, 1.165) is 5.56 Å². The van der Waals surface area contributed by atoms with E-state index in [1.807, 2.05) is 18.2 Å². The number of nitrogens with one attached hydrogen (secondary N) is 1. The molecule has 1 atom stereocenters. The van der Waals surface area contributed by atoms with Crippen LogP contribution in [-0.2, 0) is 15.6 Å². The van der Waals surface area contributed by atoms with E-state index in [2.05, 4.69) is 4.72 Å². The van der Waals surface area contributed by atoms with Gasteiger partial charge in [-0.25, -0.2) is 13.1 Å². The molecule has 0 heterocycles. The molecule has 0 spiro atoms. The van der Waals surface area contributed by atoms with Gasteiger partial charge in [0, 0.05) is 0 Å². The van der Waals surface area contributed by atoms with Crippen molar-refractivity contribution < 1.29 is 8.42 Å². The van der Waals surface area contributed by atoms with Gasteiger partial charge in [0.05, 0.1) is 23.2 Å². The molecular formula is C14H15N3O2S. The highest BCUT2D eigenvalue weighted by Gasteiger charge is 2.48. The fraction of sp³-hybridized carbons (Fsp3) is 0.429. The number of hydrogen-bond donors (Lipinski definition) is 1. The van der Waals surface area contributed by atoms with Gasteiger partial charge in [-0.15, -0.1) is 0 Å². The highest BCUT2D eigenvalue weighted by atomic mass is 32.2. The molecule has 1 aliphatic carbocycles. The van der Waals surface area contributed by atoms with Gasteiger partial charge >= 0.3 is 0 Å². The highest BCUT2D eigenvalue weighted by molar-refractivity contribution is 7.90. The van der Waals surface area contributed by atoms with Crippen molar-refractivity contribution in [3.05, 3.63) is 35.4 Å². The molecule has 0 saturated heterocycles. The van der Waals surface area contributed by atoms with Gasteiger partial charge < -0.3 is 0 Å². The van der Waals surface area contributed by atoms with E-state index in [9.17, 15) is 8.42 Å². The quantitative estimate of drug-likeness (QED) is 0.893. The van der Waals surface area contributed by atoms with Crippen LogP contribution < -0.4 is 4.72 Å². The molecule has 6 heteroatoms. The van der Waals surface area contributed by atoms with Crippen molar-refractivity contribution in [2.75, 3.05) is 0 Å². The third-order valence-corrected chi connectivity index (χ3v) is 5.38. The molecular weight excluding hydrogens is 274 g/mol. The number of rotatable bonds is 5. The molecule has 0 aromatic heterocycles. The van der Waals surface area contributed by atoms with Gasteiger partial charge in [-0.2, -0.15) is 10.5 Å². The number of hydrogen-bond acceptors (Lipinski definition) is 4. The van der Waals surface area contributed by atoms with Crippen LogP contribution in [0.15, 0.2) is 24.3 Å². The molecule has 1 fully saturated rings. The van der Waals surface area contributed by atoms with Crippen LogP contribution in [-0.4, -0.2) is 13.7 Å². The standard InChI is InChI=1S/C14H15N3O2S/c1-2-13(10-16)20(18,19)17-14(6-7-14)12-5-3-4-11(8-12)9-15/h3-5,8,13,17H,2,6-7H2,1H3/t13-/m1/s1. The van der Waals surface area contributed by atoms with E-state index in [0.29, 0.717) is 18.4 Å². The third-order valence-electron chi connectivity index (χ3n) is 3.52. The Morgan fingerprint density at radius 2 is 2.10 bits per heavy atom. The monoisotopic (exact) mass is 289 g/mol. The molecule has 0 radical (unpaired) electrons. The van der Waals surface area contributed by atoms with Gasteiger partial charge in [0.1, 0.15) is 0 Å². The Labute approximate surface area is 118 Å². The highest BCUT2D eigenvalue weighted by Crippen LogP contribution is 2.46. The Morgan fingerprint density at radius 3 is 2.60 bits per heavy atom. The molecule has 1 N–H and O–H groups in total. The fourth-order valence-corrected chi connectivity index (χ4v) is 3.77. The van der Waals surface area contributed by atoms with Crippen LogP contribution in [0.5, 0.6) is 0 Å². The van der Waals surface area contributed by atoms with Gasteiger partial charge in [0.2, 0.25) is 10.0 Å². The molecule has 104 valence electrons. The molecule has 0 amide bonds. The summed E-state index contributed by atoms with van der Waals surface area (Å²) in [6, 6.07) is 10.8. The Hall–Kier alpha value is -1.89. The van der Waals surface area contributed by atoms with Crippen molar-refractivity contribution in [3.63, 3.8) is 0 Å². The van der Waals surface area contributed by atoms with E-state index in [4.69, 9.17) is 10.5 Å². The fourth-order valence-electron chi connectivity index (χ4n) is 2.18. The third kappa shape index (κ3) is 2.67. The second kappa shape index (κ2) is 5.24. The Kier molecular flexibility index (Phi) is 3.80. The van der Waals surface area contributed by atoms with Gasteiger partial charge in [0.15, 0.2) is 5.25 Å². The summed E-state index contributed by atoms with van der Waals surface area (Å²) >= 11 is 0. The average Bonchev–Trinajstić information content (AvgIpc) is 3.20. The summed E-state index contributed by atoms with van der Waals surface area (Å²) in [5.74, 6) is 0. The van der Waals surface area contributed by atoms with Crippen LogP contribution in [0.4, 0.5) is 0 Å². The summed E-state index contributed by atoms with van der Waals surface area (Å²) < 4.78 is 27.0. The molecule has 0 bridgehead atoms. The summed E-state index contributed by atoms with van der Waals surface area (Å²) in [5, 5.41) is 16.8. The molecule has 1 aliphatic rings. The summed E-state index contributed by atoms with van der Waals surface area (Å²) in [5.41, 5.74) is 0.642. The van der Waals surface area contributed by atoms with Crippen LogP contribution in [0.2, 0.25) is 0 Å². The predicted molar refractivity (Wildman–Crippen MR) is 73.8 cm³/mol. The minimum atomic E-state index is -3.68. The number of nitriles is 2. The number of benzene rings is 1. The molecule has 20 heavy (non-hydrogen) atoms. The molecule has 2 rings (SSSR count). The van der Waals surface area contributed by atoms with Crippen molar-refractivity contribution in [1.82, 2.24) is 4.72 Å². The molecule has 0 unspecified atom stereocenters. The van der Waals surface area contributed by atoms with Crippen molar-refractivity contribution in [2.45, 2.75) is 37.0 Å². The summed E-state index contributed by atoms with van der Waals surface area (Å²) in [6.07, 6.45) is 1.62. The zero-order valence-electron chi connectivity index (χ0n) is 11.1. The number of nitrogens with zero attached hydrogens (tertiary/aromatic N) is 2. The number of sulfonamides is 1. The van der Waals surface area contributed by atoms with Crippen LogP contribution in [0.1, 0.15) is 37.3 Å². The maximum atomic E-state index is 12.2. The first kappa shape index (κ1) is 14.5. The maximum Gasteiger partial charge on any atom is 0.228 e. The second-order valence-corrected chi connectivity index (χ2v) is 6.81. The average molecular weight is 289 g/mol. The molecule has 1 saturated carbocycles. The normalized spacial score (nSPS) is 17.8.